The number of H-pyrrole nitrogens is 1. The van der Waals surface area contributed by atoms with E-state index in [1.165, 1.54) is 0 Å². The fourth-order valence-corrected chi connectivity index (χ4v) is 2.28. The van der Waals surface area contributed by atoms with E-state index in [0.29, 0.717) is 5.95 Å². The molecular formula is C13H17ClN4O. The molecule has 0 saturated carbocycles. The fourth-order valence-electron chi connectivity index (χ4n) is 2.28. The van der Waals surface area contributed by atoms with E-state index >= 15 is 0 Å². The molecule has 0 bridgehead atoms. The van der Waals surface area contributed by atoms with Crippen molar-refractivity contribution in [3.63, 3.8) is 0 Å². The van der Waals surface area contributed by atoms with Gasteiger partial charge in [-0.25, -0.2) is 4.98 Å². The van der Waals surface area contributed by atoms with Gasteiger partial charge in [0.1, 0.15) is 0 Å². The highest BCUT2D eigenvalue weighted by Crippen LogP contribution is 2.26. The van der Waals surface area contributed by atoms with Crippen molar-refractivity contribution in [3.8, 4) is 0 Å². The van der Waals surface area contributed by atoms with Crippen molar-refractivity contribution in [2.75, 3.05) is 18.4 Å². The number of carbonyl (C=O) groups excluding carboxylic acids is 1. The number of fused-ring (bicyclic) bond motifs is 1. The Kier molecular flexibility index (Phi) is 3.78. The van der Waals surface area contributed by atoms with E-state index in [2.05, 4.69) is 20.6 Å². The van der Waals surface area contributed by atoms with Crippen LogP contribution < -0.4 is 10.6 Å². The number of para-hydroxylation sites is 2. The summed E-state index contributed by atoms with van der Waals surface area (Å²) in [5.41, 5.74) is 1.46. The van der Waals surface area contributed by atoms with Crippen LogP contribution in [0.15, 0.2) is 24.3 Å². The number of anilines is 1. The monoisotopic (exact) mass is 280 g/mol. The van der Waals surface area contributed by atoms with Crippen LogP contribution in [0.5, 0.6) is 0 Å². The molecule has 1 saturated heterocycles. The van der Waals surface area contributed by atoms with E-state index < -0.39 is 0 Å². The van der Waals surface area contributed by atoms with Crippen molar-refractivity contribution in [2.45, 2.75) is 13.3 Å². The van der Waals surface area contributed by atoms with Crippen LogP contribution in [0.25, 0.3) is 11.0 Å². The average Bonchev–Trinajstić information content (AvgIpc) is 2.95. The summed E-state index contributed by atoms with van der Waals surface area (Å²) in [6.45, 7) is 3.59. The first-order valence-corrected chi connectivity index (χ1v) is 6.14. The smallest absolute Gasteiger partial charge is 0.233 e. The first kappa shape index (κ1) is 13.8. The molecule has 3 N–H and O–H groups in total. The average molecular weight is 281 g/mol. The van der Waals surface area contributed by atoms with Crippen LogP contribution >= 0.6 is 12.4 Å². The number of rotatable bonds is 2. The van der Waals surface area contributed by atoms with Gasteiger partial charge in [0.2, 0.25) is 11.9 Å². The Morgan fingerprint density at radius 1 is 1.42 bits per heavy atom. The number of benzene rings is 1. The van der Waals surface area contributed by atoms with Crippen molar-refractivity contribution in [3.05, 3.63) is 24.3 Å². The molecule has 2 heterocycles. The van der Waals surface area contributed by atoms with Gasteiger partial charge in [0.25, 0.3) is 0 Å². The molecule has 1 aliphatic rings. The number of hydrogen-bond donors (Lipinski definition) is 3. The summed E-state index contributed by atoms with van der Waals surface area (Å²) in [6.07, 6.45) is 0.860. The molecule has 2 aromatic rings. The van der Waals surface area contributed by atoms with Crippen LogP contribution in [0.2, 0.25) is 0 Å². The molecule has 1 aromatic heterocycles. The Balaban J connectivity index is 0.00000133. The number of halogens is 1. The number of hydrogen-bond acceptors (Lipinski definition) is 3. The second-order valence-corrected chi connectivity index (χ2v) is 5.04. The maximum atomic E-state index is 12.2. The maximum absolute atomic E-state index is 12.2. The number of aromatic nitrogens is 2. The van der Waals surface area contributed by atoms with E-state index in [1.54, 1.807) is 0 Å². The Morgan fingerprint density at radius 2 is 2.21 bits per heavy atom. The number of imidazole rings is 1. The second kappa shape index (κ2) is 5.19. The third-order valence-electron chi connectivity index (χ3n) is 3.54. The summed E-state index contributed by atoms with van der Waals surface area (Å²) >= 11 is 0. The highest BCUT2D eigenvalue weighted by Gasteiger charge is 2.36. The summed E-state index contributed by atoms with van der Waals surface area (Å²) in [7, 11) is 0. The quantitative estimate of drug-likeness (QED) is 0.787. The van der Waals surface area contributed by atoms with Gasteiger partial charge in [-0.05, 0) is 32.0 Å². The Labute approximate surface area is 117 Å². The number of carbonyl (C=O) groups is 1. The SMILES string of the molecule is CC1(C(=O)Nc2nc3ccccc3[nH]2)CCNC1.Cl. The third kappa shape index (κ3) is 2.57. The minimum Gasteiger partial charge on any atom is -0.324 e. The maximum Gasteiger partial charge on any atom is 0.233 e. The van der Waals surface area contributed by atoms with Crippen LogP contribution in [0.4, 0.5) is 5.95 Å². The summed E-state index contributed by atoms with van der Waals surface area (Å²) in [5.74, 6) is 0.542. The van der Waals surface area contributed by atoms with Crippen molar-refractivity contribution >= 4 is 35.3 Å². The molecule has 1 unspecified atom stereocenters. The number of amides is 1. The lowest BCUT2D eigenvalue weighted by Gasteiger charge is -2.20. The molecule has 6 heteroatoms. The van der Waals surface area contributed by atoms with Gasteiger partial charge < -0.3 is 10.3 Å². The van der Waals surface area contributed by atoms with E-state index in [9.17, 15) is 4.79 Å². The highest BCUT2D eigenvalue weighted by molar-refractivity contribution is 5.95. The molecule has 5 nitrogen and oxygen atoms in total. The predicted molar refractivity (Wildman–Crippen MR) is 77.6 cm³/mol. The lowest BCUT2D eigenvalue weighted by atomic mass is 9.89. The minimum atomic E-state index is -0.334. The van der Waals surface area contributed by atoms with Gasteiger partial charge in [0.05, 0.1) is 16.4 Å². The lowest BCUT2D eigenvalue weighted by Crippen LogP contribution is -2.35. The molecule has 1 amide bonds. The molecule has 1 aromatic carbocycles. The molecular weight excluding hydrogens is 264 g/mol. The van der Waals surface area contributed by atoms with Gasteiger partial charge in [-0.1, -0.05) is 12.1 Å². The summed E-state index contributed by atoms with van der Waals surface area (Å²) in [4.78, 5) is 19.7. The molecule has 1 aliphatic heterocycles. The van der Waals surface area contributed by atoms with Crippen LogP contribution in [-0.2, 0) is 4.79 Å². The fraction of sp³-hybridized carbons (Fsp3) is 0.385. The topological polar surface area (TPSA) is 69.8 Å². The molecule has 102 valence electrons. The third-order valence-corrected chi connectivity index (χ3v) is 3.54. The number of nitrogens with one attached hydrogen (secondary N) is 3. The van der Waals surface area contributed by atoms with E-state index in [4.69, 9.17) is 0 Å². The summed E-state index contributed by atoms with van der Waals surface area (Å²) < 4.78 is 0. The van der Waals surface area contributed by atoms with Gasteiger partial charge in [-0.3, -0.25) is 10.1 Å². The Hall–Kier alpha value is -1.59. The lowest BCUT2D eigenvalue weighted by molar-refractivity contribution is -0.123. The zero-order valence-corrected chi connectivity index (χ0v) is 11.5. The molecule has 3 rings (SSSR count). The predicted octanol–water partition coefficient (Wildman–Crippen LogP) is 1.92. The molecule has 19 heavy (non-hydrogen) atoms. The number of aromatic amines is 1. The minimum absolute atomic E-state index is 0. The van der Waals surface area contributed by atoms with Crippen molar-refractivity contribution in [2.24, 2.45) is 5.41 Å². The van der Waals surface area contributed by atoms with Gasteiger partial charge in [0, 0.05) is 6.54 Å². The summed E-state index contributed by atoms with van der Waals surface area (Å²) in [5, 5.41) is 6.08. The van der Waals surface area contributed by atoms with Gasteiger partial charge >= 0.3 is 0 Å². The van der Waals surface area contributed by atoms with Crippen LogP contribution in [0, 0.1) is 5.41 Å². The zero-order chi connectivity index (χ0) is 12.6. The first-order valence-electron chi connectivity index (χ1n) is 6.14. The number of nitrogens with zero attached hydrogens (tertiary/aromatic N) is 1. The van der Waals surface area contributed by atoms with Gasteiger partial charge in [-0.15, -0.1) is 12.4 Å². The van der Waals surface area contributed by atoms with Gasteiger partial charge in [-0.2, -0.15) is 0 Å². The molecule has 0 aliphatic carbocycles. The normalized spacial score (nSPS) is 22.2. The molecule has 0 radical (unpaired) electrons. The van der Waals surface area contributed by atoms with Crippen LogP contribution in [-0.4, -0.2) is 29.0 Å². The Bertz CT molecular complexity index is 556. The standard InChI is InChI=1S/C13H16N4O.ClH/c1-13(6-7-14-8-13)11(18)17-12-15-9-4-2-3-5-10(9)16-12;/h2-5,14H,6-8H2,1H3,(H2,15,16,17,18);1H. The first-order chi connectivity index (χ1) is 8.67. The largest absolute Gasteiger partial charge is 0.324 e. The van der Waals surface area contributed by atoms with Crippen molar-refractivity contribution in [1.82, 2.24) is 15.3 Å². The van der Waals surface area contributed by atoms with E-state index in [1.807, 2.05) is 31.2 Å². The molecule has 0 spiro atoms. The van der Waals surface area contributed by atoms with Crippen LogP contribution in [0.3, 0.4) is 0 Å². The second-order valence-electron chi connectivity index (χ2n) is 5.04. The van der Waals surface area contributed by atoms with Gasteiger partial charge in [0.15, 0.2) is 0 Å². The van der Waals surface area contributed by atoms with Crippen molar-refractivity contribution in [1.29, 1.82) is 0 Å². The zero-order valence-electron chi connectivity index (χ0n) is 10.7. The summed E-state index contributed by atoms with van der Waals surface area (Å²) in [6, 6.07) is 7.72. The van der Waals surface area contributed by atoms with E-state index in [0.717, 1.165) is 30.5 Å². The van der Waals surface area contributed by atoms with Crippen LogP contribution in [0.1, 0.15) is 13.3 Å². The van der Waals surface area contributed by atoms with Crippen molar-refractivity contribution < 1.29 is 4.79 Å². The molecule has 1 atom stereocenters. The van der Waals surface area contributed by atoms with E-state index in [-0.39, 0.29) is 23.7 Å². The Morgan fingerprint density at radius 3 is 2.89 bits per heavy atom. The molecule has 1 fully saturated rings. The highest BCUT2D eigenvalue weighted by atomic mass is 35.5.